The zero-order valence-corrected chi connectivity index (χ0v) is 22.9. The second-order valence-corrected chi connectivity index (χ2v) is 10.1. The van der Waals surface area contributed by atoms with Crippen molar-refractivity contribution < 1.29 is 42.8 Å². The number of hydrogen-bond acceptors (Lipinski definition) is 9. The summed E-state index contributed by atoms with van der Waals surface area (Å²) in [5.41, 5.74) is 0.0284. The van der Waals surface area contributed by atoms with Gasteiger partial charge in [-0.3, -0.25) is 0 Å². The van der Waals surface area contributed by atoms with Crippen LogP contribution >= 0.6 is 23.2 Å². The third-order valence-corrected chi connectivity index (χ3v) is 7.05. The predicted molar refractivity (Wildman–Crippen MR) is 139 cm³/mol. The first-order valence-electron chi connectivity index (χ1n) is 12.2. The van der Waals surface area contributed by atoms with Gasteiger partial charge in [-0.15, -0.1) is 5.10 Å². The minimum absolute atomic E-state index is 0.0606. The molecule has 3 heterocycles. The van der Waals surface area contributed by atoms with Gasteiger partial charge in [0.05, 0.1) is 23.5 Å². The summed E-state index contributed by atoms with van der Waals surface area (Å²) in [7, 11) is 0. The monoisotopic (exact) mass is 628 g/mol. The minimum Gasteiger partial charge on any atom is -0.480 e. The van der Waals surface area contributed by atoms with E-state index in [4.69, 9.17) is 32.7 Å². The molecule has 17 heteroatoms. The Labute approximate surface area is 244 Å². The highest BCUT2D eigenvalue weighted by Gasteiger charge is 2.50. The Morgan fingerprint density at radius 1 is 1.17 bits per heavy atom. The van der Waals surface area contributed by atoms with Crippen LogP contribution in [-0.4, -0.2) is 82.6 Å². The number of aromatic nitrogens is 6. The number of aliphatic carboxylic acids is 1. The molecule has 3 N–H and O–H groups in total. The molecule has 5 atom stereocenters. The van der Waals surface area contributed by atoms with Gasteiger partial charge < -0.3 is 24.8 Å². The molecule has 12 nitrogen and oxygen atoms in total. The second kappa shape index (κ2) is 11.9. The lowest BCUT2D eigenvalue weighted by Crippen LogP contribution is -2.54. The van der Waals surface area contributed by atoms with Gasteiger partial charge in [-0.2, -0.15) is 5.10 Å². The molecule has 0 amide bonds. The SMILES string of the molecule is Cc1nc(C2OC(CO)C(O)C(n3cc(-c4cc(F)c(F)c(F)c4)nn3)C2OCC(=O)O)n(-c2cc(Cl)ccc2Cl)n1. The summed E-state index contributed by atoms with van der Waals surface area (Å²) in [6.07, 6.45) is -4.31. The molecule has 1 fully saturated rings. The van der Waals surface area contributed by atoms with Crippen molar-refractivity contribution in [3.05, 3.63) is 75.7 Å². The third kappa shape index (κ3) is 5.71. The van der Waals surface area contributed by atoms with Gasteiger partial charge in [0.25, 0.3) is 0 Å². The van der Waals surface area contributed by atoms with E-state index in [1.165, 1.54) is 23.0 Å². The zero-order valence-electron chi connectivity index (χ0n) is 21.4. The van der Waals surface area contributed by atoms with Crippen LogP contribution in [0, 0.1) is 24.4 Å². The van der Waals surface area contributed by atoms with Gasteiger partial charge in [-0.25, -0.2) is 32.3 Å². The molecule has 42 heavy (non-hydrogen) atoms. The van der Waals surface area contributed by atoms with E-state index in [2.05, 4.69) is 20.4 Å². The average molecular weight is 629 g/mol. The number of aliphatic hydroxyl groups excluding tert-OH is 2. The fourth-order valence-corrected chi connectivity index (χ4v) is 5.02. The Kier molecular flexibility index (Phi) is 8.50. The van der Waals surface area contributed by atoms with E-state index >= 15 is 0 Å². The number of aryl methyl sites for hydroxylation is 1. The van der Waals surface area contributed by atoms with Crippen LogP contribution in [0.25, 0.3) is 16.9 Å². The predicted octanol–water partition coefficient (Wildman–Crippen LogP) is 3.06. The molecule has 1 saturated heterocycles. The molecule has 5 rings (SSSR count). The Hall–Kier alpha value is -3.60. The largest absolute Gasteiger partial charge is 0.480 e. The van der Waals surface area contributed by atoms with E-state index in [0.717, 1.165) is 4.68 Å². The summed E-state index contributed by atoms with van der Waals surface area (Å²) in [4.78, 5) is 15.9. The minimum atomic E-state index is -1.67. The number of carboxylic acid groups (broad SMARTS) is 1. The summed E-state index contributed by atoms with van der Waals surface area (Å²) in [6.45, 7) is 0.0359. The highest BCUT2D eigenvalue weighted by molar-refractivity contribution is 6.34. The van der Waals surface area contributed by atoms with Crippen LogP contribution in [0.3, 0.4) is 0 Å². The van der Waals surface area contributed by atoms with Crippen LogP contribution in [-0.2, 0) is 14.3 Å². The molecule has 4 aromatic rings. The molecule has 0 spiro atoms. The van der Waals surface area contributed by atoms with Crippen molar-refractivity contribution in [1.82, 2.24) is 29.8 Å². The number of carbonyl (C=O) groups is 1. The van der Waals surface area contributed by atoms with Gasteiger partial charge in [-0.1, -0.05) is 28.4 Å². The molecule has 1 aliphatic rings. The van der Waals surface area contributed by atoms with Crippen molar-refractivity contribution >= 4 is 29.2 Å². The molecular weight excluding hydrogens is 608 g/mol. The van der Waals surface area contributed by atoms with Crippen LogP contribution in [0.15, 0.2) is 36.5 Å². The highest BCUT2D eigenvalue weighted by Crippen LogP contribution is 2.41. The number of halogens is 5. The number of rotatable bonds is 8. The Bertz CT molecular complexity index is 1610. The van der Waals surface area contributed by atoms with E-state index in [1.54, 1.807) is 13.0 Å². The number of hydrogen-bond donors (Lipinski definition) is 3. The Morgan fingerprint density at radius 2 is 1.88 bits per heavy atom. The van der Waals surface area contributed by atoms with Crippen LogP contribution < -0.4 is 0 Å². The molecule has 0 bridgehead atoms. The lowest BCUT2D eigenvalue weighted by molar-refractivity contribution is -0.225. The van der Waals surface area contributed by atoms with Crippen LogP contribution in [0.5, 0.6) is 0 Å². The molecule has 5 unspecified atom stereocenters. The van der Waals surface area contributed by atoms with Crippen LogP contribution in [0.2, 0.25) is 10.0 Å². The lowest BCUT2D eigenvalue weighted by Gasteiger charge is -2.43. The number of carboxylic acids is 1. The van der Waals surface area contributed by atoms with Gasteiger partial charge in [0.15, 0.2) is 23.3 Å². The zero-order chi connectivity index (χ0) is 30.3. The number of nitrogens with zero attached hydrogens (tertiary/aromatic N) is 6. The van der Waals surface area contributed by atoms with E-state index < -0.39 is 67.1 Å². The smallest absolute Gasteiger partial charge is 0.329 e. The first-order chi connectivity index (χ1) is 20.0. The molecule has 1 aliphatic heterocycles. The average Bonchev–Trinajstić information content (AvgIpc) is 3.58. The normalized spacial score (nSPS) is 22.4. The summed E-state index contributed by atoms with van der Waals surface area (Å²) >= 11 is 12.6. The fraction of sp³-hybridized carbons (Fsp3) is 0.320. The molecule has 2 aromatic heterocycles. The van der Waals surface area contributed by atoms with E-state index in [1.807, 2.05) is 0 Å². The summed E-state index contributed by atoms with van der Waals surface area (Å²) in [6, 6.07) is 4.73. The molecule has 2 aromatic carbocycles. The summed E-state index contributed by atoms with van der Waals surface area (Å²) in [5.74, 6) is -5.61. The van der Waals surface area contributed by atoms with E-state index in [0.29, 0.717) is 22.8 Å². The summed E-state index contributed by atoms with van der Waals surface area (Å²) in [5, 5.41) is 43.4. The topological polar surface area (TPSA) is 158 Å². The van der Waals surface area contributed by atoms with Gasteiger partial charge in [0.2, 0.25) is 0 Å². The number of benzene rings is 2. The maximum absolute atomic E-state index is 13.9. The summed E-state index contributed by atoms with van der Waals surface area (Å²) < 4.78 is 55.4. The van der Waals surface area contributed by atoms with Gasteiger partial charge in [0.1, 0.15) is 48.6 Å². The first kappa shape index (κ1) is 29.9. The van der Waals surface area contributed by atoms with Crippen molar-refractivity contribution in [2.75, 3.05) is 13.2 Å². The van der Waals surface area contributed by atoms with Crippen molar-refractivity contribution in [1.29, 1.82) is 0 Å². The lowest BCUT2D eigenvalue weighted by atomic mass is 9.91. The maximum Gasteiger partial charge on any atom is 0.329 e. The van der Waals surface area contributed by atoms with Crippen LogP contribution in [0.4, 0.5) is 13.2 Å². The van der Waals surface area contributed by atoms with E-state index in [9.17, 15) is 33.3 Å². The number of aliphatic hydroxyl groups is 2. The molecule has 0 radical (unpaired) electrons. The maximum atomic E-state index is 13.9. The first-order valence-corrected chi connectivity index (χ1v) is 13.0. The third-order valence-electron chi connectivity index (χ3n) is 6.49. The molecule has 0 saturated carbocycles. The fourth-order valence-electron chi connectivity index (χ4n) is 4.66. The quantitative estimate of drug-likeness (QED) is 0.248. The molecule has 222 valence electrons. The van der Waals surface area contributed by atoms with Gasteiger partial charge >= 0.3 is 5.97 Å². The molecule has 0 aliphatic carbocycles. The van der Waals surface area contributed by atoms with Crippen molar-refractivity contribution in [3.8, 4) is 16.9 Å². The number of ether oxygens (including phenoxy) is 2. The Morgan fingerprint density at radius 3 is 2.55 bits per heavy atom. The van der Waals surface area contributed by atoms with Crippen molar-refractivity contribution in [2.45, 2.75) is 37.4 Å². The van der Waals surface area contributed by atoms with Crippen molar-refractivity contribution in [2.24, 2.45) is 0 Å². The van der Waals surface area contributed by atoms with Crippen molar-refractivity contribution in [3.63, 3.8) is 0 Å². The Balaban J connectivity index is 1.63. The van der Waals surface area contributed by atoms with Crippen LogP contribution in [0.1, 0.15) is 23.8 Å². The highest BCUT2D eigenvalue weighted by atomic mass is 35.5. The standard InChI is InChI=1S/C25H21Cl2F3N6O6/c1-10-31-25(36(33-10)17-6-12(26)2-3-13(17)27)24-23(41-9-19(38)39)21(22(40)18(8-37)42-24)35-7-16(32-34-35)11-4-14(28)20(30)15(29)5-11/h2-7,18,21-24,37,40H,8-9H2,1H3,(H,38,39). The molecular formula is C25H21Cl2F3N6O6. The van der Waals surface area contributed by atoms with Gasteiger partial charge in [-0.05, 0) is 37.3 Å². The second-order valence-electron chi connectivity index (χ2n) is 9.29. The van der Waals surface area contributed by atoms with Gasteiger partial charge in [0, 0.05) is 10.6 Å². The van der Waals surface area contributed by atoms with E-state index in [-0.39, 0.29) is 27.9 Å².